The van der Waals surface area contributed by atoms with Gasteiger partial charge in [0.25, 0.3) is 5.56 Å². The molecule has 15 heavy (non-hydrogen) atoms. The molecule has 1 unspecified atom stereocenters. The predicted octanol–water partition coefficient (Wildman–Crippen LogP) is -0.631. The topological polar surface area (TPSA) is 91.9 Å². The minimum absolute atomic E-state index is 0.112. The zero-order chi connectivity index (χ0) is 10.9. The zero-order valence-electron chi connectivity index (χ0n) is 7.93. The highest BCUT2D eigenvalue weighted by Crippen LogP contribution is 2.15. The Morgan fingerprint density at radius 2 is 2.33 bits per heavy atom. The molecule has 0 spiro atoms. The predicted molar refractivity (Wildman–Crippen MR) is 55.5 cm³/mol. The Hall–Kier alpha value is -1.37. The lowest BCUT2D eigenvalue weighted by Crippen LogP contribution is -2.22. The summed E-state index contributed by atoms with van der Waals surface area (Å²) in [7, 11) is -2.89. The van der Waals surface area contributed by atoms with Gasteiger partial charge >= 0.3 is 0 Å². The molecule has 1 aromatic rings. The first-order chi connectivity index (χ1) is 7.05. The van der Waals surface area contributed by atoms with Crippen molar-refractivity contribution in [3.05, 3.63) is 22.6 Å². The van der Waals surface area contributed by atoms with Gasteiger partial charge in [-0.05, 0) is 6.42 Å². The van der Waals surface area contributed by atoms with Crippen LogP contribution in [-0.2, 0) is 9.84 Å². The summed E-state index contributed by atoms with van der Waals surface area (Å²) >= 11 is 0. The molecular weight excluding hydrogens is 218 g/mol. The van der Waals surface area contributed by atoms with Crippen LogP contribution >= 0.6 is 0 Å². The van der Waals surface area contributed by atoms with Crippen LogP contribution in [0, 0.1) is 0 Å². The monoisotopic (exact) mass is 229 g/mol. The van der Waals surface area contributed by atoms with Gasteiger partial charge in [-0.2, -0.15) is 5.10 Å². The maximum atomic E-state index is 11.2. The maximum absolute atomic E-state index is 11.2. The van der Waals surface area contributed by atoms with E-state index < -0.39 is 9.84 Å². The second-order valence-corrected chi connectivity index (χ2v) is 5.81. The van der Waals surface area contributed by atoms with Crippen molar-refractivity contribution in [3.8, 4) is 0 Å². The normalized spacial score (nSPS) is 23.9. The Balaban J connectivity index is 2.08. The molecule has 2 N–H and O–H groups in total. The first-order valence-corrected chi connectivity index (χ1v) is 6.39. The van der Waals surface area contributed by atoms with Gasteiger partial charge in [0.2, 0.25) is 0 Å². The van der Waals surface area contributed by atoms with Crippen LogP contribution in [0.5, 0.6) is 0 Å². The summed E-state index contributed by atoms with van der Waals surface area (Å²) in [5.74, 6) is 0.334. The minimum Gasteiger partial charge on any atom is -0.380 e. The van der Waals surface area contributed by atoms with Crippen molar-refractivity contribution < 1.29 is 8.42 Å². The zero-order valence-corrected chi connectivity index (χ0v) is 8.75. The molecule has 6 nitrogen and oxygen atoms in total. The van der Waals surface area contributed by atoms with Crippen molar-refractivity contribution in [1.29, 1.82) is 0 Å². The molecule has 1 fully saturated rings. The summed E-state index contributed by atoms with van der Waals surface area (Å²) in [5.41, 5.74) is 0.252. The van der Waals surface area contributed by atoms with E-state index in [0.717, 1.165) is 0 Å². The average Bonchev–Trinajstić information content (AvgIpc) is 2.45. The average molecular weight is 229 g/mol. The first-order valence-electron chi connectivity index (χ1n) is 4.57. The van der Waals surface area contributed by atoms with E-state index >= 15 is 0 Å². The number of nitrogens with zero attached hydrogens (tertiary/aromatic N) is 1. The number of anilines is 1. The Morgan fingerprint density at radius 3 is 2.93 bits per heavy atom. The van der Waals surface area contributed by atoms with Crippen molar-refractivity contribution in [1.82, 2.24) is 10.2 Å². The van der Waals surface area contributed by atoms with Gasteiger partial charge in [-0.15, -0.1) is 0 Å². The first kappa shape index (κ1) is 10.2. The second-order valence-electron chi connectivity index (χ2n) is 3.58. The summed E-state index contributed by atoms with van der Waals surface area (Å²) < 4.78 is 22.3. The van der Waals surface area contributed by atoms with Crippen molar-refractivity contribution in [2.24, 2.45) is 0 Å². The van der Waals surface area contributed by atoms with Gasteiger partial charge in [0.05, 0.1) is 23.4 Å². The largest absolute Gasteiger partial charge is 0.380 e. The molecule has 1 saturated heterocycles. The highest BCUT2D eigenvalue weighted by molar-refractivity contribution is 7.91. The molecule has 1 aromatic heterocycles. The van der Waals surface area contributed by atoms with Crippen LogP contribution in [0.15, 0.2) is 17.1 Å². The van der Waals surface area contributed by atoms with Gasteiger partial charge in [0.1, 0.15) is 0 Å². The molecular formula is C8H11N3O3S. The van der Waals surface area contributed by atoms with E-state index in [9.17, 15) is 13.2 Å². The van der Waals surface area contributed by atoms with Gasteiger partial charge < -0.3 is 5.32 Å². The summed E-state index contributed by atoms with van der Waals surface area (Å²) in [4.78, 5) is 10.9. The molecule has 0 bridgehead atoms. The quantitative estimate of drug-likeness (QED) is 0.704. The molecule has 2 rings (SSSR count). The van der Waals surface area contributed by atoms with Gasteiger partial charge in [0, 0.05) is 12.1 Å². The number of aromatic nitrogens is 2. The van der Waals surface area contributed by atoms with Crippen LogP contribution in [0.2, 0.25) is 0 Å². The summed E-state index contributed by atoms with van der Waals surface area (Å²) in [6, 6.07) is 1.25. The third-order valence-corrected chi connectivity index (χ3v) is 4.04. The van der Waals surface area contributed by atoms with Gasteiger partial charge in [-0.1, -0.05) is 0 Å². The van der Waals surface area contributed by atoms with Gasteiger partial charge in [-0.3, -0.25) is 4.79 Å². The molecule has 0 aliphatic carbocycles. The molecule has 1 atom stereocenters. The van der Waals surface area contributed by atoms with E-state index in [1.807, 2.05) is 0 Å². The fourth-order valence-electron chi connectivity index (χ4n) is 1.60. The number of sulfone groups is 1. The summed E-state index contributed by atoms with van der Waals surface area (Å²) in [6.07, 6.45) is 2.04. The van der Waals surface area contributed by atoms with E-state index in [4.69, 9.17) is 0 Å². The Labute approximate surface area is 86.6 Å². The molecule has 7 heteroatoms. The lowest BCUT2D eigenvalue weighted by atomic mass is 10.2. The highest BCUT2D eigenvalue weighted by atomic mass is 32.2. The van der Waals surface area contributed by atoms with Crippen molar-refractivity contribution in [3.63, 3.8) is 0 Å². The minimum atomic E-state index is -2.89. The third-order valence-electron chi connectivity index (χ3n) is 2.27. The fourth-order valence-corrected chi connectivity index (χ4v) is 3.27. The number of hydrogen-bond acceptors (Lipinski definition) is 5. The number of nitrogens with one attached hydrogen (secondary N) is 2. The molecule has 1 aliphatic rings. The third kappa shape index (κ3) is 2.56. The number of hydrogen-bond donors (Lipinski definition) is 2. The molecule has 0 amide bonds. The standard InChI is InChI=1S/C8H11N3O3S/c12-8-3-7(4-9-11-8)10-6-1-2-15(13,14)5-6/h3-4,6H,1-2,5H2,(H2,10,11,12). The lowest BCUT2D eigenvalue weighted by molar-refractivity contribution is 0.602. The molecule has 0 radical (unpaired) electrons. The van der Waals surface area contributed by atoms with E-state index in [-0.39, 0.29) is 23.1 Å². The lowest BCUT2D eigenvalue weighted by Gasteiger charge is -2.10. The van der Waals surface area contributed by atoms with Crippen molar-refractivity contribution >= 4 is 15.5 Å². The molecule has 82 valence electrons. The fraction of sp³-hybridized carbons (Fsp3) is 0.500. The number of aromatic amines is 1. The van der Waals surface area contributed by atoms with Crippen LogP contribution in [0.3, 0.4) is 0 Å². The molecule has 0 aromatic carbocycles. The molecule has 1 aliphatic heterocycles. The SMILES string of the molecule is O=c1cc(NC2CCS(=O)(=O)C2)cn[nH]1. The van der Waals surface area contributed by atoms with E-state index in [2.05, 4.69) is 15.5 Å². The van der Waals surface area contributed by atoms with E-state index in [0.29, 0.717) is 12.1 Å². The van der Waals surface area contributed by atoms with E-state index in [1.54, 1.807) is 0 Å². The van der Waals surface area contributed by atoms with Crippen molar-refractivity contribution in [2.45, 2.75) is 12.5 Å². The maximum Gasteiger partial charge on any atom is 0.266 e. The molecule has 2 heterocycles. The Bertz CT molecular complexity index is 508. The molecule has 0 saturated carbocycles. The second kappa shape index (κ2) is 3.65. The van der Waals surface area contributed by atoms with Crippen LogP contribution in [-0.4, -0.2) is 36.2 Å². The van der Waals surface area contributed by atoms with E-state index in [1.165, 1.54) is 12.3 Å². The highest BCUT2D eigenvalue weighted by Gasteiger charge is 2.27. The summed E-state index contributed by atoms with van der Waals surface area (Å²) in [6.45, 7) is 0. The van der Waals surface area contributed by atoms with Crippen LogP contribution in [0.25, 0.3) is 0 Å². The number of rotatable bonds is 2. The van der Waals surface area contributed by atoms with Crippen LogP contribution in [0.4, 0.5) is 5.69 Å². The van der Waals surface area contributed by atoms with Gasteiger partial charge in [0.15, 0.2) is 9.84 Å². The van der Waals surface area contributed by atoms with Crippen LogP contribution < -0.4 is 10.9 Å². The Morgan fingerprint density at radius 1 is 1.53 bits per heavy atom. The smallest absolute Gasteiger partial charge is 0.266 e. The van der Waals surface area contributed by atoms with Crippen molar-refractivity contribution in [2.75, 3.05) is 16.8 Å². The summed E-state index contributed by atoms with van der Waals surface area (Å²) in [5, 5.41) is 8.84. The van der Waals surface area contributed by atoms with Gasteiger partial charge in [-0.25, -0.2) is 13.5 Å². The number of H-pyrrole nitrogens is 1. The Kier molecular flexibility index (Phi) is 2.47. The van der Waals surface area contributed by atoms with Crippen LogP contribution in [0.1, 0.15) is 6.42 Å².